The van der Waals surface area contributed by atoms with Crippen molar-refractivity contribution in [2.45, 2.75) is 19.5 Å². The molecule has 0 aliphatic heterocycles. The van der Waals surface area contributed by atoms with Crippen LogP contribution in [-0.2, 0) is 13.1 Å². The summed E-state index contributed by atoms with van der Waals surface area (Å²) in [5, 5.41) is 21.1. The number of hydrogen-bond donors (Lipinski definition) is 1. The van der Waals surface area contributed by atoms with Gasteiger partial charge in [-0.3, -0.25) is 4.68 Å². The molecule has 7 nitrogen and oxygen atoms in total. The highest BCUT2D eigenvalue weighted by molar-refractivity contribution is 5.92. The van der Waals surface area contributed by atoms with Gasteiger partial charge in [-0.1, -0.05) is 5.21 Å². The standard InChI is InChI=1S/C13H13N5O2/c19-13(20)10-3-4-12-11(9-10)15-16-18(12)8-2-7-17-6-1-5-14-17/h1,3-6,9H,2,7-8H2,(H,19,20). The molecular weight excluding hydrogens is 258 g/mol. The van der Waals surface area contributed by atoms with Gasteiger partial charge < -0.3 is 5.11 Å². The predicted octanol–water partition coefficient (Wildman–Crippen LogP) is 1.42. The first-order chi connectivity index (χ1) is 9.74. The van der Waals surface area contributed by atoms with Crippen molar-refractivity contribution in [2.75, 3.05) is 0 Å². The molecule has 0 radical (unpaired) electrons. The van der Waals surface area contributed by atoms with Crippen LogP contribution in [-0.4, -0.2) is 35.9 Å². The van der Waals surface area contributed by atoms with Gasteiger partial charge in [0.05, 0.1) is 11.1 Å². The number of hydrogen-bond acceptors (Lipinski definition) is 4. The number of fused-ring (bicyclic) bond motifs is 1. The summed E-state index contributed by atoms with van der Waals surface area (Å²) >= 11 is 0. The quantitative estimate of drug-likeness (QED) is 0.758. The van der Waals surface area contributed by atoms with Crippen LogP contribution in [0.4, 0.5) is 0 Å². The van der Waals surface area contributed by atoms with E-state index in [1.807, 2.05) is 16.9 Å². The van der Waals surface area contributed by atoms with Gasteiger partial charge in [-0.15, -0.1) is 5.10 Å². The molecule has 0 saturated heterocycles. The lowest BCUT2D eigenvalue weighted by molar-refractivity contribution is 0.0697. The maximum Gasteiger partial charge on any atom is 0.335 e. The highest BCUT2D eigenvalue weighted by atomic mass is 16.4. The lowest BCUT2D eigenvalue weighted by Crippen LogP contribution is -2.05. The van der Waals surface area contributed by atoms with Crippen molar-refractivity contribution in [1.82, 2.24) is 24.8 Å². The number of carbonyl (C=O) groups is 1. The molecule has 1 aromatic carbocycles. The number of aryl methyl sites for hydroxylation is 2. The molecule has 0 fully saturated rings. The minimum atomic E-state index is -0.958. The van der Waals surface area contributed by atoms with Crippen LogP contribution >= 0.6 is 0 Å². The SMILES string of the molecule is O=C(O)c1ccc2c(c1)nnn2CCCn1cccn1. The lowest BCUT2D eigenvalue weighted by atomic mass is 10.2. The Morgan fingerprint density at radius 1 is 1.30 bits per heavy atom. The second-order valence-electron chi connectivity index (χ2n) is 4.44. The van der Waals surface area contributed by atoms with E-state index in [9.17, 15) is 4.79 Å². The highest BCUT2D eigenvalue weighted by Crippen LogP contribution is 2.14. The van der Waals surface area contributed by atoms with Crippen LogP contribution in [0.5, 0.6) is 0 Å². The van der Waals surface area contributed by atoms with Crippen molar-refractivity contribution in [1.29, 1.82) is 0 Å². The van der Waals surface area contributed by atoms with Gasteiger partial charge in [-0.25, -0.2) is 9.48 Å². The third-order valence-electron chi connectivity index (χ3n) is 3.08. The monoisotopic (exact) mass is 271 g/mol. The number of carboxylic acids is 1. The van der Waals surface area contributed by atoms with Crippen LogP contribution in [0, 0.1) is 0 Å². The minimum Gasteiger partial charge on any atom is -0.478 e. The molecule has 20 heavy (non-hydrogen) atoms. The molecule has 0 bridgehead atoms. The van der Waals surface area contributed by atoms with E-state index in [-0.39, 0.29) is 5.56 Å². The van der Waals surface area contributed by atoms with Gasteiger partial charge in [0.2, 0.25) is 0 Å². The molecule has 0 aliphatic rings. The van der Waals surface area contributed by atoms with E-state index in [1.54, 1.807) is 23.0 Å². The highest BCUT2D eigenvalue weighted by Gasteiger charge is 2.08. The van der Waals surface area contributed by atoms with Crippen molar-refractivity contribution >= 4 is 17.0 Å². The van der Waals surface area contributed by atoms with E-state index in [1.165, 1.54) is 6.07 Å². The molecule has 2 heterocycles. The van der Waals surface area contributed by atoms with Crippen LogP contribution in [0.2, 0.25) is 0 Å². The van der Waals surface area contributed by atoms with Gasteiger partial charge in [0, 0.05) is 25.5 Å². The number of rotatable bonds is 5. The Kier molecular flexibility index (Phi) is 3.16. The molecule has 3 aromatic rings. The van der Waals surface area contributed by atoms with Crippen molar-refractivity contribution < 1.29 is 9.90 Å². The summed E-state index contributed by atoms with van der Waals surface area (Å²) in [4.78, 5) is 10.9. The van der Waals surface area contributed by atoms with Gasteiger partial charge in [0.15, 0.2) is 0 Å². The number of nitrogens with zero attached hydrogens (tertiary/aromatic N) is 5. The van der Waals surface area contributed by atoms with Gasteiger partial charge in [0.1, 0.15) is 5.52 Å². The van der Waals surface area contributed by atoms with Crippen LogP contribution in [0.3, 0.4) is 0 Å². The fourth-order valence-corrected chi connectivity index (χ4v) is 2.09. The first-order valence-electron chi connectivity index (χ1n) is 6.28. The van der Waals surface area contributed by atoms with Gasteiger partial charge in [-0.2, -0.15) is 5.10 Å². The summed E-state index contributed by atoms with van der Waals surface area (Å²) in [7, 11) is 0. The van der Waals surface area contributed by atoms with Crippen molar-refractivity contribution in [3.63, 3.8) is 0 Å². The molecule has 0 amide bonds. The molecule has 0 aliphatic carbocycles. The number of aromatic carboxylic acids is 1. The van der Waals surface area contributed by atoms with E-state index < -0.39 is 5.97 Å². The third-order valence-corrected chi connectivity index (χ3v) is 3.08. The molecule has 7 heteroatoms. The second kappa shape index (κ2) is 5.12. The van der Waals surface area contributed by atoms with Gasteiger partial charge in [0.25, 0.3) is 0 Å². The second-order valence-corrected chi connectivity index (χ2v) is 4.44. The van der Waals surface area contributed by atoms with E-state index >= 15 is 0 Å². The van der Waals surface area contributed by atoms with Crippen LogP contribution in [0.15, 0.2) is 36.7 Å². The Morgan fingerprint density at radius 2 is 2.20 bits per heavy atom. The predicted molar refractivity (Wildman–Crippen MR) is 71.3 cm³/mol. The van der Waals surface area contributed by atoms with Gasteiger partial charge >= 0.3 is 5.97 Å². The average molecular weight is 271 g/mol. The Hall–Kier alpha value is -2.70. The lowest BCUT2D eigenvalue weighted by Gasteiger charge is -2.03. The summed E-state index contributed by atoms with van der Waals surface area (Å²) in [5.41, 5.74) is 1.67. The zero-order valence-electron chi connectivity index (χ0n) is 10.7. The van der Waals surface area contributed by atoms with Crippen LogP contribution < -0.4 is 0 Å². The zero-order valence-corrected chi connectivity index (χ0v) is 10.7. The Bertz CT molecular complexity index is 732. The third kappa shape index (κ3) is 2.37. The maximum atomic E-state index is 10.9. The van der Waals surface area contributed by atoms with Crippen molar-refractivity contribution in [3.05, 3.63) is 42.2 Å². The van der Waals surface area contributed by atoms with E-state index in [4.69, 9.17) is 5.11 Å². The fraction of sp³-hybridized carbons (Fsp3) is 0.231. The number of carboxylic acid groups (broad SMARTS) is 1. The first kappa shape index (κ1) is 12.3. The Labute approximate surface area is 114 Å². The first-order valence-corrected chi connectivity index (χ1v) is 6.28. The molecule has 102 valence electrons. The van der Waals surface area contributed by atoms with E-state index in [2.05, 4.69) is 15.4 Å². The largest absolute Gasteiger partial charge is 0.478 e. The molecule has 0 unspecified atom stereocenters. The van der Waals surface area contributed by atoms with Crippen molar-refractivity contribution in [3.8, 4) is 0 Å². The summed E-state index contributed by atoms with van der Waals surface area (Å²) < 4.78 is 3.64. The molecule has 1 N–H and O–H groups in total. The summed E-state index contributed by atoms with van der Waals surface area (Å²) in [6.45, 7) is 1.52. The van der Waals surface area contributed by atoms with E-state index in [0.717, 1.165) is 18.5 Å². The maximum absolute atomic E-state index is 10.9. The van der Waals surface area contributed by atoms with Crippen LogP contribution in [0.25, 0.3) is 11.0 Å². The fourth-order valence-electron chi connectivity index (χ4n) is 2.09. The molecule has 0 atom stereocenters. The molecule has 2 aromatic heterocycles. The molecular formula is C13H13N5O2. The summed E-state index contributed by atoms with van der Waals surface area (Å²) in [6.07, 6.45) is 4.54. The van der Waals surface area contributed by atoms with Crippen LogP contribution in [0.1, 0.15) is 16.8 Å². The van der Waals surface area contributed by atoms with E-state index in [0.29, 0.717) is 12.1 Å². The summed E-state index contributed by atoms with van der Waals surface area (Å²) in [6, 6.07) is 6.73. The Balaban J connectivity index is 1.73. The van der Waals surface area contributed by atoms with Crippen molar-refractivity contribution in [2.24, 2.45) is 0 Å². The molecule has 0 spiro atoms. The minimum absolute atomic E-state index is 0.223. The molecule has 0 saturated carbocycles. The normalized spacial score (nSPS) is 11.0. The Morgan fingerprint density at radius 3 is 2.95 bits per heavy atom. The number of aromatic nitrogens is 5. The smallest absolute Gasteiger partial charge is 0.335 e. The molecule has 3 rings (SSSR count). The average Bonchev–Trinajstić information content (AvgIpc) is 3.08. The zero-order chi connectivity index (χ0) is 13.9. The van der Waals surface area contributed by atoms with Gasteiger partial charge in [-0.05, 0) is 30.7 Å². The topological polar surface area (TPSA) is 85.8 Å². The summed E-state index contributed by atoms with van der Waals surface area (Å²) in [5.74, 6) is -0.958. The number of benzene rings is 1.